The summed E-state index contributed by atoms with van der Waals surface area (Å²) < 4.78 is 15.0. The topological polar surface area (TPSA) is 29.9 Å². The summed E-state index contributed by atoms with van der Waals surface area (Å²) in [5, 5.41) is 3.82. The molecule has 1 N–H and O–H groups in total. The average molecular weight is 266 g/mol. The summed E-state index contributed by atoms with van der Waals surface area (Å²) in [6, 6.07) is 4.71. The molecule has 0 radical (unpaired) electrons. The minimum absolute atomic E-state index is 0.300. The van der Waals surface area contributed by atoms with Crippen molar-refractivity contribution in [1.82, 2.24) is 14.9 Å². The summed E-state index contributed by atoms with van der Waals surface area (Å²) in [4.78, 5) is 4.18. The van der Waals surface area contributed by atoms with Crippen LogP contribution in [0, 0.1) is 5.82 Å². The zero-order valence-electron chi connectivity index (χ0n) is 9.74. The van der Waals surface area contributed by atoms with E-state index in [1.807, 2.05) is 10.8 Å². The van der Waals surface area contributed by atoms with Crippen LogP contribution < -0.4 is 5.32 Å². The molecule has 5 heteroatoms. The number of nitrogens with one attached hydrogen (secondary N) is 1. The molecule has 1 aromatic heterocycles. The Balaban J connectivity index is 2.03. The third kappa shape index (κ3) is 2.02. The first-order valence-electron chi connectivity index (χ1n) is 5.97. The molecule has 2 aromatic rings. The minimum Gasteiger partial charge on any atom is -0.309 e. The SMILES string of the molecule is Fc1ccc(-n2cncc2[C@@H]2CCCN2)c(Cl)c1. The Morgan fingerprint density at radius 2 is 2.33 bits per heavy atom. The van der Waals surface area contributed by atoms with Crippen molar-refractivity contribution < 1.29 is 4.39 Å². The number of rotatable bonds is 2. The van der Waals surface area contributed by atoms with Gasteiger partial charge in [0.25, 0.3) is 0 Å². The van der Waals surface area contributed by atoms with Crippen LogP contribution in [0.2, 0.25) is 5.02 Å². The van der Waals surface area contributed by atoms with Crippen molar-refractivity contribution in [3.05, 3.63) is 47.3 Å². The highest BCUT2D eigenvalue weighted by Gasteiger charge is 2.21. The Kier molecular flexibility index (Phi) is 3.06. The standard InChI is InChI=1S/C13H13ClFN3/c14-10-6-9(15)3-4-12(10)18-8-16-7-13(18)11-2-1-5-17-11/h3-4,6-8,11,17H,1-2,5H2/t11-/m0/s1. The summed E-state index contributed by atoms with van der Waals surface area (Å²) in [6.07, 6.45) is 5.80. The van der Waals surface area contributed by atoms with Crippen molar-refractivity contribution in [2.24, 2.45) is 0 Å². The van der Waals surface area contributed by atoms with E-state index in [1.165, 1.54) is 12.1 Å². The fourth-order valence-electron chi connectivity index (χ4n) is 2.38. The number of aromatic nitrogens is 2. The molecule has 0 unspecified atom stereocenters. The number of benzene rings is 1. The first kappa shape index (κ1) is 11.7. The van der Waals surface area contributed by atoms with E-state index in [0.29, 0.717) is 11.1 Å². The van der Waals surface area contributed by atoms with Gasteiger partial charge in [0.1, 0.15) is 5.82 Å². The molecule has 1 saturated heterocycles. The molecule has 1 fully saturated rings. The van der Waals surface area contributed by atoms with E-state index in [-0.39, 0.29) is 5.82 Å². The van der Waals surface area contributed by atoms with Crippen molar-refractivity contribution in [2.75, 3.05) is 6.54 Å². The zero-order chi connectivity index (χ0) is 12.5. The Bertz CT molecular complexity index is 561. The lowest BCUT2D eigenvalue weighted by Crippen LogP contribution is -2.16. The Morgan fingerprint density at radius 3 is 3.06 bits per heavy atom. The van der Waals surface area contributed by atoms with Crippen LogP contribution in [0.3, 0.4) is 0 Å². The summed E-state index contributed by atoms with van der Waals surface area (Å²) in [6.45, 7) is 1.02. The maximum absolute atomic E-state index is 13.1. The van der Waals surface area contributed by atoms with Crippen LogP contribution in [-0.2, 0) is 0 Å². The van der Waals surface area contributed by atoms with Gasteiger partial charge in [-0.2, -0.15) is 0 Å². The smallest absolute Gasteiger partial charge is 0.124 e. The first-order chi connectivity index (χ1) is 8.75. The summed E-state index contributed by atoms with van der Waals surface area (Å²) in [5.74, 6) is -0.329. The number of halogens is 2. The molecule has 18 heavy (non-hydrogen) atoms. The Morgan fingerprint density at radius 1 is 1.44 bits per heavy atom. The molecule has 2 heterocycles. The molecular weight excluding hydrogens is 253 g/mol. The number of hydrogen-bond acceptors (Lipinski definition) is 2. The van der Waals surface area contributed by atoms with Crippen molar-refractivity contribution in [3.63, 3.8) is 0 Å². The fourth-order valence-corrected chi connectivity index (χ4v) is 2.64. The van der Waals surface area contributed by atoms with Gasteiger partial charge < -0.3 is 9.88 Å². The van der Waals surface area contributed by atoms with Crippen LogP contribution in [0.5, 0.6) is 0 Å². The third-order valence-electron chi connectivity index (χ3n) is 3.25. The molecule has 1 aliphatic heterocycles. The maximum Gasteiger partial charge on any atom is 0.124 e. The van der Waals surface area contributed by atoms with E-state index in [9.17, 15) is 4.39 Å². The predicted molar refractivity (Wildman–Crippen MR) is 68.5 cm³/mol. The van der Waals surface area contributed by atoms with Crippen molar-refractivity contribution in [2.45, 2.75) is 18.9 Å². The molecule has 1 atom stereocenters. The average Bonchev–Trinajstić information content (AvgIpc) is 2.98. The predicted octanol–water partition coefficient (Wildman–Crippen LogP) is 3.09. The van der Waals surface area contributed by atoms with Gasteiger partial charge in [0.2, 0.25) is 0 Å². The van der Waals surface area contributed by atoms with E-state index >= 15 is 0 Å². The second kappa shape index (κ2) is 4.71. The molecule has 0 aliphatic carbocycles. The summed E-state index contributed by atoms with van der Waals surface area (Å²) in [5.41, 5.74) is 1.83. The molecule has 1 aromatic carbocycles. The molecule has 94 valence electrons. The van der Waals surface area contributed by atoms with Crippen molar-refractivity contribution in [3.8, 4) is 5.69 Å². The van der Waals surface area contributed by atoms with E-state index < -0.39 is 0 Å². The fraction of sp³-hybridized carbons (Fsp3) is 0.308. The van der Waals surface area contributed by atoms with Gasteiger partial charge in [-0.1, -0.05) is 11.6 Å². The van der Waals surface area contributed by atoms with E-state index in [1.54, 1.807) is 12.4 Å². The van der Waals surface area contributed by atoms with Crippen LogP contribution in [0.4, 0.5) is 4.39 Å². The molecule has 0 spiro atoms. The van der Waals surface area contributed by atoms with Gasteiger partial charge in [0.15, 0.2) is 0 Å². The molecule has 0 amide bonds. The molecule has 1 aliphatic rings. The highest BCUT2D eigenvalue weighted by atomic mass is 35.5. The largest absolute Gasteiger partial charge is 0.309 e. The van der Waals surface area contributed by atoms with E-state index in [2.05, 4.69) is 10.3 Å². The minimum atomic E-state index is -0.329. The molecule has 3 rings (SSSR count). The van der Waals surface area contributed by atoms with E-state index in [0.717, 1.165) is 30.8 Å². The van der Waals surface area contributed by atoms with Gasteiger partial charge in [-0.05, 0) is 37.6 Å². The third-order valence-corrected chi connectivity index (χ3v) is 3.56. The van der Waals surface area contributed by atoms with Crippen LogP contribution in [-0.4, -0.2) is 16.1 Å². The molecule has 3 nitrogen and oxygen atoms in total. The highest BCUT2D eigenvalue weighted by molar-refractivity contribution is 6.32. The quantitative estimate of drug-likeness (QED) is 0.904. The summed E-state index contributed by atoms with van der Waals surface area (Å²) in [7, 11) is 0. The van der Waals surface area contributed by atoms with Crippen molar-refractivity contribution >= 4 is 11.6 Å². The normalized spacial score (nSPS) is 19.3. The molecule has 0 bridgehead atoms. The maximum atomic E-state index is 13.1. The van der Waals surface area contributed by atoms with Crippen molar-refractivity contribution in [1.29, 1.82) is 0 Å². The van der Waals surface area contributed by atoms with Gasteiger partial charge >= 0.3 is 0 Å². The molecular formula is C13H13ClFN3. The number of imidazole rings is 1. The van der Waals surface area contributed by atoms with Gasteiger partial charge in [-0.3, -0.25) is 0 Å². The van der Waals surface area contributed by atoms with Crippen LogP contribution in [0.1, 0.15) is 24.6 Å². The lowest BCUT2D eigenvalue weighted by molar-refractivity contribution is 0.613. The van der Waals surface area contributed by atoms with E-state index in [4.69, 9.17) is 11.6 Å². The van der Waals surface area contributed by atoms with Crippen LogP contribution >= 0.6 is 11.6 Å². The monoisotopic (exact) mass is 265 g/mol. The lowest BCUT2D eigenvalue weighted by atomic mass is 10.1. The van der Waals surface area contributed by atoms with Gasteiger partial charge in [0.05, 0.1) is 28.9 Å². The first-order valence-corrected chi connectivity index (χ1v) is 6.34. The second-order valence-electron chi connectivity index (χ2n) is 4.43. The second-order valence-corrected chi connectivity index (χ2v) is 4.84. The lowest BCUT2D eigenvalue weighted by Gasteiger charge is -2.14. The number of nitrogens with zero attached hydrogens (tertiary/aromatic N) is 2. The molecule has 0 saturated carbocycles. The van der Waals surface area contributed by atoms with Crippen LogP contribution in [0.15, 0.2) is 30.7 Å². The Hall–Kier alpha value is -1.39. The Labute approximate surface area is 110 Å². The van der Waals surface area contributed by atoms with Gasteiger partial charge in [-0.15, -0.1) is 0 Å². The highest BCUT2D eigenvalue weighted by Crippen LogP contribution is 2.28. The van der Waals surface area contributed by atoms with Gasteiger partial charge in [0, 0.05) is 6.04 Å². The van der Waals surface area contributed by atoms with Gasteiger partial charge in [-0.25, -0.2) is 9.37 Å². The summed E-state index contributed by atoms with van der Waals surface area (Å²) >= 11 is 6.09. The number of hydrogen-bond donors (Lipinski definition) is 1. The van der Waals surface area contributed by atoms with Crippen LogP contribution in [0.25, 0.3) is 5.69 Å². The zero-order valence-corrected chi connectivity index (χ0v) is 10.5.